The van der Waals surface area contributed by atoms with Crippen LogP contribution < -0.4 is 5.73 Å². The highest BCUT2D eigenvalue weighted by molar-refractivity contribution is 5.76. The standard InChI is InChI=1S/C11H23N3O2/c1-10(9-12)13-4-6-14(7-5-13)11(15)3-8-16-2/h10H,3-9,12H2,1-2H3. The molecule has 0 saturated carbocycles. The Morgan fingerprint density at radius 3 is 2.50 bits per heavy atom. The van der Waals surface area contributed by atoms with E-state index < -0.39 is 0 Å². The third kappa shape index (κ3) is 3.73. The van der Waals surface area contributed by atoms with E-state index in [4.69, 9.17) is 10.5 Å². The second-order valence-electron chi connectivity index (χ2n) is 4.24. The number of hydrogen-bond acceptors (Lipinski definition) is 4. The quantitative estimate of drug-likeness (QED) is 0.691. The Balaban J connectivity index is 2.28. The molecule has 0 radical (unpaired) electrons. The van der Waals surface area contributed by atoms with Crippen LogP contribution in [-0.2, 0) is 9.53 Å². The van der Waals surface area contributed by atoms with Gasteiger partial charge in [-0.25, -0.2) is 0 Å². The summed E-state index contributed by atoms with van der Waals surface area (Å²) in [6.07, 6.45) is 0.489. The number of carbonyl (C=O) groups excluding carboxylic acids is 1. The molecule has 1 unspecified atom stereocenters. The van der Waals surface area contributed by atoms with Crippen molar-refractivity contribution in [2.75, 3.05) is 46.4 Å². The summed E-state index contributed by atoms with van der Waals surface area (Å²) in [6, 6.07) is 0.413. The molecule has 1 amide bonds. The Kier molecular flexibility index (Phi) is 5.73. The van der Waals surface area contributed by atoms with Crippen LogP contribution in [0.25, 0.3) is 0 Å². The van der Waals surface area contributed by atoms with E-state index in [0.717, 1.165) is 26.2 Å². The van der Waals surface area contributed by atoms with E-state index in [1.165, 1.54) is 0 Å². The first-order valence-corrected chi connectivity index (χ1v) is 5.90. The minimum atomic E-state index is 0.196. The number of nitrogens with zero attached hydrogens (tertiary/aromatic N) is 2. The van der Waals surface area contributed by atoms with Crippen molar-refractivity contribution < 1.29 is 9.53 Å². The zero-order valence-electron chi connectivity index (χ0n) is 10.3. The third-order valence-electron chi connectivity index (χ3n) is 3.15. The normalized spacial score (nSPS) is 19.8. The maximum atomic E-state index is 11.7. The van der Waals surface area contributed by atoms with E-state index >= 15 is 0 Å². The highest BCUT2D eigenvalue weighted by Gasteiger charge is 2.22. The number of rotatable bonds is 5. The van der Waals surface area contributed by atoms with Gasteiger partial charge in [0.15, 0.2) is 0 Å². The van der Waals surface area contributed by atoms with Crippen molar-refractivity contribution >= 4 is 5.91 Å². The number of piperazine rings is 1. The lowest BCUT2D eigenvalue weighted by molar-refractivity contribution is -0.134. The van der Waals surface area contributed by atoms with E-state index in [0.29, 0.717) is 25.6 Å². The molecule has 1 aliphatic rings. The van der Waals surface area contributed by atoms with Crippen LogP contribution >= 0.6 is 0 Å². The zero-order valence-corrected chi connectivity index (χ0v) is 10.3. The van der Waals surface area contributed by atoms with Crippen molar-refractivity contribution in [1.29, 1.82) is 0 Å². The van der Waals surface area contributed by atoms with Crippen LogP contribution in [0.1, 0.15) is 13.3 Å². The monoisotopic (exact) mass is 229 g/mol. The molecule has 0 bridgehead atoms. The fourth-order valence-electron chi connectivity index (χ4n) is 1.91. The minimum Gasteiger partial charge on any atom is -0.384 e. The highest BCUT2D eigenvalue weighted by Crippen LogP contribution is 2.06. The molecule has 1 heterocycles. The van der Waals surface area contributed by atoms with Crippen LogP contribution in [0.5, 0.6) is 0 Å². The first-order chi connectivity index (χ1) is 7.69. The van der Waals surface area contributed by atoms with Crippen LogP contribution in [0, 0.1) is 0 Å². The summed E-state index contributed by atoms with van der Waals surface area (Å²) in [5.41, 5.74) is 5.62. The number of amides is 1. The van der Waals surface area contributed by atoms with Gasteiger partial charge < -0.3 is 15.4 Å². The molecule has 5 heteroatoms. The Labute approximate surface area is 97.5 Å². The van der Waals surface area contributed by atoms with Gasteiger partial charge in [0.05, 0.1) is 13.0 Å². The summed E-state index contributed by atoms with van der Waals surface area (Å²) < 4.78 is 4.91. The number of nitrogens with two attached hydrogens (primary N) is 1. The van der Waals surface area contributed by atoms with Gasteiger partial charge in [0, 0.05) is 45.9 Å². The van der Waals surface area contributed by atoms with E-state index in [1.807, 2.05) is 4.90 Å². The molecule has 1 aliphatic heterocycles. The molecule has 1 atom stereocenters. The van der Waals surface area contributed by atoms with E-state index in [-0.39, 0.29) is 5.91 Å². The maximum Gasteiger partial charge on any atom is 0.224 e. The van der Waals surface area contributed by atoms with Crippen LogP contribution in [-0.4, -0.2) is 68.2 Å². The van der Waals surface area contributed by atoms with Crippen molar-refractivity contribution in [2.24, 2.45) is 5.73 Å². The van der Waals surface area contributed by atoms with Crippen LogP contribution in [0.3, 0.4) is 0 Å². The minimum absolute atomic E-state index is 0.196. The fourth-order valence-corrected chi connectivity index (χ4v) is 1.91. The first-order valence-electron chi connectivity index (χ1n) is 5.90. The Morgan fingerprint density at radius 1 is 1.38 bits per heavy atom. The lowest BCUT2D eigenvalue weighted by atomic mass is 10.2. The van der Waals surface area contributed by atoms with E-state index in [1.54, 1.807) is 7.11 Å². The first kappa shape index (κ1) is 13.4. The average Bonchev–Trinajstić information content (AvgIpc) is 2.35. The SMILES string of the molecule is COCCC(=O)N1CCN(C(C)CN)CC1. The van der Waals surface area contributed by atoms with Crippen molar-refractivity contribution in [1.82, 2.24) is 9.80 Å². The van der Waals surface area contributed by atoms with Gasteiger partial charge in [0.2, 0.25) is 5.91 Å². The zero-order chi connectivity index (χ0) is 12.0. The van der Waals surface area contributed by atoms with Gasteiger partial charge in [-0.2, -0.15) is 0 Å². The Bertz CT molecular complexity index is 215. The lowest BCUT2D eigenvalue weighted by Crippen LogP contribution is -2.52. The molecule has 1 rings (SSSR count). The van der Waals surface area contributed by atoms with Gasteiger partial charge in [0.1, 0.15) is 0 Å². The maximum absolute atomic E-state index is 11.7. The van der Waals surface area contributed by atoms with Gasteiger partial charge in [-0.3, -0.25) is 9.69 Å². The van der Waals surface area contributed by atoms with Gasteiger partial charge in [-0.05, 0) is 6.92 Å². The number of methoxy groups -OCH3 is 1. The Hall–Kier alpha value is -0.650. The van der Waals surface area contributed by atoms with Gasteiger partial charge in [-0.15, -0.1) is 0 Å². The molecular weight excluding hydrogens is 206 g/mol. The molecule has 5 nitrogen and oxygen atoms in total. The van der Waals surface area contributed by atoms with E-state index in [2.05, 4.69) is 11.8 Å². The average molecular weight is 229 g/mol. The molecule has 16 heavy (non-hydrogen) atoms. The molecule has 0 aromatic carbocycles. The Morgan fingerprint density at radius 2 is 2.00 bits per heavy atom. The van der Waals surface area contributed by atoms with Crippen LogP contribution in [0.15, 0.2) is 0 Å². The predicted molar refractivity (Wildman–Crippen MR) is 63.2 cm³/mol. The van der Waals surface area contributed by atoms with Gasteiger partial charge in [-0.1, -0.05) is 0 Å². The summed E-state index contributed by atoms with van der Waals surface area (Å²) in [7, 11) is 1.62. The highest BCUT2D eigenvalue weighted by atomic mass is 16.5. The van der Waals surface area contributed by atoms with Crippen molar-refractivity contribution in [3.05, 3.63) is 0 Å². The topological polar surface area (TPSA) is 58.8 Å². The fraction of sp³-hybridized carbons (Fsp3) is 0.909. The molecule has 0 aromatic rings. The smallest absolute Gasteiger partial charge is 0.224 e. The molecule has 1 saturated heterocycles. The molecule has 0 aliphatic carbocycles. The lowest BCUT2D eigenvalue weighted by Gasteiger charge is -2.37. The predicted octanol–water partition coefficient (Wildman–Crippen LogP) is -0.486. The van der Waals surface area contributed by atoms with Gasteiger partial charge in [0.25, 0.3) is 0 Å². The molecule has 1 fully saturated rings. The summed E-state index contributed by atoms with van der Waals surface area (Å²) in [5.74, 6) is 0.196. The molecule has 0 aromatic heterocycles. The molecule has 2 N–H and O–H groups in total. The van der Waals surface area contributed by atoms with Crippen molar-refractivity contribution in [2.45, 2.75) is 19.4 Å². The number of ether oxygens (including phenoxy) is 1. The van der Waals surface area contributed by atoms with Crippen molar-refractivity contribution in [3.8, 4) is 0 Å². The summed E-state index contributed by atoms with van der Waals surface area (Å²) in [5, 5.41) is 0. The third-order valence-corrected chi connectivity index (χ3v) is 3.15. The van der Waals surface area contributed by atoms with Crippen LogP contribution in [0.2, 0.25) is 0 Å². The molecule has 94 valence electrons. The second kappa shape index (κ2) is 6.83. The second-order valence-corrected chi connectivity index (χ2v) is 4.24. The van der Waals surface area contributed by atoms with E-state index in [9.17, 15) is 4.79 Å². The summed E-state index contributed by atoms with van der Waals surface area (Å²) in [4.78, 5) is 16.0. The molecular formula is C11H23N3O2. The van der Waals surface area contributed by atoms with Crippen LogP contribution in [0.4, 0.5) is 0 Å². The number of carbonyl (C=O) groups is 1. The van der Waals surface area contributed by atoms with Crippen molar-refractivity contribution in [3.63, 3.8) is 0 Å². The molecule has 0 spiro atoms. The number of hydrogen-bond donors (Lipinski definition) is 1. The summed E-state index contributed by atoms with van der Waals surface area (Å²) >= 11 is 0. The largest absolute Gasteiger partial charge is 0.384 e. The van der Waals surface area contributed by atoms with Gasteiger partial charge >= 0.3 is 0 Å². The summed E-state index contributed by atoms with van der Waals surface area (Å²) in [6.45, 7) is 6.80.